The van der Waals surface area contributed by atoms with Gasteiger partial charge >= 0.3 is 51.4 Å². The van der Waals surface area contributed by atoms with Crippen molar-refractivity contribution in [3.63, 3.8) is 0 Å². The molecule has 6 radical (unpaired) electrons. The van der Waals surface area contributed by atoms with E-state index in [0.29, 0.717) is 8.15 Å². The number of hydrogen-bond acceptors (Lipinski definition) is 0. The zero-order valence-corrected chi connectivity index (χ0v) is 8.54. The van der Waals surface area contributed by atoms with Crippen molar-refractivity contribution in [3.05, 3.63) is 0 Å². The normalized spacial score (nSPS) is 9.50. The molecule has 0 heterocycles. The van der Waals surface area contributed by atoms with Crippen LogP contribution in [0.2, 0.25) is 0 Å². The van der Waals surface area contributed by atoms with Gasteiger partial charge in [-0.1, -0.05) is 0 Å². The molecule has 0 bridgehead atoms. The van der Waals surface area contributed by atoms with Gasteiger partial charge in [-0.3, -0.25) is 0 Å². The van der Waals surface area contributed by atoms with Gasteiger partial charge in [-0.25, -0.2) is 0 Å². The monoisotopic (exact) mass is 134 g/mol. The summed E-state index contributed by atoms with van der Waals surface area (Å²) in [7, 11) is 14.7. The molecule has 0 unspecified atom stereocenters. The fraction of sp³-hybridized carbons (Fsp3) is 0. The molecule has 20 valence electrons. The second-order valence-electron chi connectivity index (χ2n) is 0.495. The summed E-state index contributed by atoms with van der Waals surface area (Å²) in [6, 6.07) is 0. The zero-order chi connectivity index (χ0) is 4.28. The minimum atomic E-state index is -0.848. The Morgan fingerprint density at radius 3 is 1.50 bits per heavy atom. The average Bonchev–Trinajstić information content (AvgIpc) is 1.38. The van der Waals surface area contributed by atoms with Gasteiger partial charge in [0.1, 0.15) is 0 Å². The van der Waals surface area contributed by atoms with E-state index < -0.39 is 7.37 Å². The number of hydrogen-bond donors (Lipinski definition) is 0. The zero-order valence-electron chi connectivity index (χ0n) is 3.63. The molecular formula is B3KP2. The quantitative estimate of drug-likeness (QED) is 0.276. The Morgan fingerprint density at radius 2 is 1.50 bits per heavy atom. The van der Waals surface area contributed by atoms with Crippen LogP contribution in [0.15, 0.2) is 0 Å². The first-order valence-electron chi connectivity index (χ1n) is 0.975. The van der Waals surface area contributed by atoms with Gasteiger partial charge in [0, 0.05) is 0 Å². The molecule has 0 aliphatic heterocycles. The minimum Gasteiger partial charge on any atom is -0.576 e. The van der Waals surface area contributed by atoms with Crippen LogP contribution in [0.25, 0.3) is 0 Å². The molecule has 0 saturated heterocycles. The van der Waals surface area contributed by atoms with Crippen molar-refractivity contribution >= 4 is 38.2 Å². The summed E-state index contributed by atoms with van der Waals surface area (Å²) in [5.74, 6) is 0. The van der Waals surface area contributed by atoms with E-state index in [1.54, 1.807) is 0 Å². The standard InChI is InChI=1S/B3P2.K/c1-4-5(2)3;/q-1;+1. The van der Waals surface area contributed by atoms with E-state index in [1.165, 1.54) is 0 Å². The van der Waals surface area contributed by atoms with Crippen LogP contribution >= 0.6 is 15.5 Å². The first-order valence-corrected chi connectivity index (χ1v) is 4.12. The maximum Gasteiger partial charge on any atom is 1.00 e. The molecule has 0 aliphatic carbocycles. The third kappa shape index (κ3) is 9.85. The van der Waals surface area contributed by atoms with Crippen LogP contribution in [0, 0.1) is 0 Å². The van der Waals surface area contributed by atoms with Gasteiger partial charge < -0.3 is 15.5 Å². The number of rotatable bonds is 1. The summed E-state index contributed by atoms with van der Waals surface area (Å²) in [6.45, 7) is 0. The van der Waals surface area contributed by atoms with Gasteiger partial charge in [0.15, 0.2) is 0 Å². The molecule has 0 N–H and O–H groups in total. The molecule has 6 heteroatoms. The van der Waals surface area contributed by atoms with E-state index in [-0.39, 0.29) is 51.4 Å². The van der Waals surface area contributed by atoms with Crippen LogP contribution in [0.1, 0.15) is 0 Å². The first-order chi connectivity index (χ1) is 2.27. The summed E-state index contributed by atoms with van der Waals surface area (Å²) in [5, 5.41) is 0. The Morgan fingerprint density at radius 1 is 1.33 bits per heavy atom. The van der Waals surface area contributed by atoms with Crippen LogP contribution < -0.4 is 51.4 Å². The van der Waals surface area contributed by atoms with E-state index in [1.807, 2.05) is 0 Å². The fourth-order valence-corrected chi connectivity index (χ4v) is 0. The van der Waals surface area contributed by atoms with Crippen LogP contribution in [-0.2, 0) is 0 Å². The maximum absolute atomic E-state index is 5.00. The predicted octanol–water partition coefficient (Wildman–Crippen LogP) is -2.42. The Kier molecular flexibility index (Phi) is 14.7. The topological polar surface area (TPSA) is 0 Å². The maximum atomic E-state index is 5.00. The van der Waals surface area contributed by atoms with Crippen molar-refractivity contribution in [1.82, 2.24) is 0 Å². The summed E-state index contributed by atoms with van der Waals surface area (Å²) in [6.07, 6.45) is 0. The van der Waals surface area contributed by atoms with Crippen molar-refractivity contribution < 1.29 is 51.4 Å². The van der Waals surface area contributed by atoms with Gasteiger partial charge in [-0.2, -0.15) is 7.57 Å². The summed E-state index contributed by atoms with van der Waals surface area (Å²) < 4.78 is 0. The second-order valence-corrected chi connectivity index (χ2v) is 3.56. The molecule has 0 saturated carbocycles. The average molecular weight is 133 g/mol. The van der Waals surface area contributed by atoms with E-state index in [4.69, 9.17) is 22.7 Å². The molecule has 0 fully saturated rings. The van der Waals surface area contributed by atoms with E-state index in [2.05, 4.69) is 0 Å². The molecule has 0 nitrogen and oxygen atoms in total. The molecular weight excluding hydrogens is 133 g/mol. The van der Waals surface area contributed by atoms with Crippen LogP contribution in [0.5, 0.6) is 0 Å². The Hall–Kier alpha value is 2.69. The molecule has 0 amide bonds. The third-order valence-electron chi connectivity index (χ3n) is 0.133. The van der Waals surface area contributed by atoms with Crippen molar-refractivity contribution in [1.29, 1.82) is 0 Å². The summed E-state index contributed by atoms with van der Waals surface area (Å²) >= 11 is 0. The Labute approximate surface area is 87.9 Å². The van der Waals surface area contributed by atoms with E-state index >= 15 is 0 Å². The molecule has 0 aliphatic rings. The molecule has 0 spiro atoms. The van der Waals surface area contributed by atoms with Crippen molar-refractivity contribution in [2.45, 2.75) is 0 Å². The second kappa shape index (κ2) is 7.69. The Bertz CT molecular complexity index is 22.8. The van der Waals surface area contributed by atoms with Crippen LogP contribution in [0.4, 0.5) is 0 Å². The molecule has 0 rings (SSSR count). The van der Waals surface area contributed by atoms with Crippen LogP contribution in [0.3, 0.4) is 0 Å². The minimum absolute atomic E-state index is 0. The first kappa shape index (κ1) is 11.5. The van der Waals surface area contributed by atoms with Crippen molar-refractivity contribution in [2.75, 3.05) is 0 Å². The van der Waals surface area contributed by atoms with Gasteiger partial charge in [-0.05, 0) is 0 Å². The molecule has 0 atom stereocenters. The SMILES string of the molecule is [B][P-]P([B])[B].[K+]. The van der Waals surface area contributed by atoms with Gasteiger partial charge in [-0.15, -0.1) is 0 Å². The third-order valence-corrected chi connectivity index (χ3v) is 1.20. The smallest absolute Gasteiger partial charge is 0.576 e. The molecule has 6 heavy (non-hydrogen) atoms. The largest absolute Gasteiger partial charge is 1.00 e. The Balaban J connectivity index is 0. The van der Waals surface area contributed by atoms with Crippen LogP contribution in [-0.4, -0.2) is 22.7 Å². The van der Waals surface area contributed by atoms with Crippen molar-refractivity contribution in [2.24, 2.45) is 0 Å². The molecule has 0 aromatic rings. The molecule has 0 aromatic heterocycles. The predicted molar refractivity (Wildman–Crippen MR) is 31.1 cm³/mol. The van der Waals surface area contributed by atoms with Gasteiger partial charge in [0.05, 0.1) is 15.1 Å². The van der Waals surface area contributed by atoms with Gasteiger partial charge in [0.2, 0.25) is 0 Å². The van der Waals surface area contributed by atoms with E-state index in [9.17, 15) is 0 Å². The summed E-state index contributed by atoms with van der Waals surface area (Å²) in [4.78, 5) is 0. The molecule has 0 aromatic carbocycles. The summed E-state index contributed by atoms with van der Waals surface area (Å²) in [5.41, 5.74) is 0. The fourth-order valence-electron chi connectivity index (χ4n) is 0. The van der Waals surface area contributed by atoms with E-state index in [0.717, 1.165) is 0 Å². The van der Waals surface area contributed by atoms with Crippen molar-refractivity contribution in [3.8, 4) is 0 Å². The van der Waals surface area contributed by atoms with Gasteiger partial charge in [0.25, 0.3) is 0 Å².